The van der Waals surface area contributed by atoms with Gasteiger partial charge in [0.15, 0.2) is 0 Å². The molecule has 3 aromatic rings. The number of nitrogens with one attached hydrogen (secondary N) is 1. The second-order valence-corrected chi connectivity index (χ2v) is 4.78. The number of para-hydroxylation sites is 1. The van der Waals surface area contributed by atoms with E-state index in [1.807, 2.05) is 48.5 Å². The fraction of sp³-hybridized carbons (Fsp3) is 0.0625. The van der Waals surface area contributed by atoms with Gasteiger partial charge >= 0.3 is 0 Å². The number of rotatable bonds is 3. The third kappa shape index (κ3) is 2.40. The minimum atomic E-state index is 0.719. The van der Waals surface area contributed by atoms with Gasteiger partial charge in [-0.2, -0.15) is 0 Å². The van der Waals surface area contributed by atoms with Crippen LogP contribution in [0.1, 0.15) is 0 Å². The Labute approximate surface area is 122 Å². The number of hydrogen-bond acceptors (Lipinski definition) is 3. The monoisotopic (exact) mass is 284 g/mol. The molecule has 0 atom stereocenters. The van der Waals surface area contributed by atoms with Crippen LogP contribution >= 0.6 is 11.6 Å². The summed E-state index contributed by atoms with van der Waals surface area (Å²) in [5.41, 5.74) is 2.80. The molecule has 3 rings (SSSR count). The van der Waals surface area contributed by atoms with Gasteiger partial charge in [0.05, 0.1) is 7.11 Å². The highest BCUT2D eigenvalue weighted by molar-refractivity contribution is 6.30. The molecule has 4 heteroatoms. The van der Waals surface area contributed by atoms with Gasteiger partial charge in [0.1, 0.15) is 11.3 Å². The topological polar surface area (TPSA) is 34.1 Å². The maximum absolute atomic E-state index is 5.89. The first-order valence-electron chi connectivity index (χ1n) is 6.22. The Morgan fingerprint density at radius 1 is 1.05 bits per heavy atom. The summed E-state index contributed by atoms with van der Waals surface area (Å²) >= 11 is 5.89. The number of nitrogens with zero attached hydrogens (tertiary/aromatic N) is 1. The Bertz CT molecular complexity index is 741. The van der Waals surface area contributed by atoms with Crippen LogP contribution in [0.25, 0.3) is 10.9 Å². The highest BCUT2D eigenvalue weighted by Crippen LogP contribution is 2.30. The van der Waals surface area contributed by atoms with E-state index in [0.717, 1.165) is 33.0 Å². The van der Waals surface area contributed by atoms with E-state index in [0.29, 0.717) is 0 Å². The van der Waals surface area contributed by atoms with Gasteiger partial charge in [-0.05, 0) is 36.4 Å². The number of ether oxygens (including phenoxy) is 1. The van der Waals surface area contributed by atoms with Crippen LogP contribution in [0.5, 0.6) is 5.75 Å². The Morgan fingerprint density at radius 2 is 1.85 bits per heavy atom. The summed E-state index contributed by atoms with van der Waals surface area (Å²) in [4.78, 5) is 4.38. The predicted molar refractivity (Wildman–Crippen MR) is 83.0 cm³/mol. The van der Waals surface area contributed by atoms with Crippen molar-refractivity contribution in [3.8, 4) is 5.75 Å². The van der Waals surface area contributed by atoms with Gasteiger partial charge < -0.3 is 10.1 Å². The number of fused-ring (bicyclic) bond motifs is 1. The number of methoxy groups -OCH3 is 1. The quantitative estimate of drug-likeness (QED) is 0.761. The summed E-state index contributed by atoms with van der Waals surface area (Å²) < 4.78 is 5.34. The molecular weight excluding hydrogens is 272 g/mol. The fourth-order valence-electron chi connectivity index (χ4n) is 2.11. The first kappa shape index (κ1) is 12.8. The molecule has 0 radical (unpaired) electrons. The van der Waals surface area contributed by atoms with Crippen molar-refractivity contribution in [3.05, 3.63) is 59.8 Å². The van der Waals surface area contributed by atoms with E-state index in [9.17, 15) is 0 Å². The van der Waals surface area contributed by atoms with Crippen LogP contribution in [0.15, 0.2) is 54.7 Å². The molecule has 2 aromatic carbocycles. The molecule has 0 saturated carbocycles. The van der Waals surface area contributed by atoms with Gasteiger partial charge in [0.2, 0.25) is 0 Å². The van der Waals surface area contributed by atoms with E-state index in [1.165, 1.54) is 0 Å². The average Bonchev–Trinajstić information content (AvgIpc) is 2.49. The zero-order chi connectivity index (χ0) is 13.9. The first-order valence-corrected chi connectivity index (χ1v) is 6.60. The van der Waals surface area contributed by atoms with E-state index in [1.54, 1.807) is 13.3 Å². The molecule has 0 aliphatic carbocycles. The summed E-state index contributed by atoms with van der Waals surface area (Å²) in [7, 11) is 1.65. The fourth-order valence-corrected chi connectivity index (χ4v) is 2.24. The summed E-state index contributed by atoms with van der Waals surface area (Å²) in [6, 6.07) is 15.4. The van der Waals surface area contributed by atoms with Crippen LogP contribution in [0.3, 0.4) is 0 Å². The first-order chi connectivity index (χ1) is 9.78. The van der Waals surface area contributed by atoms with Crippen LogP contribution < -0.4 is 10.1 Å². The molecule has 0 fully saturated rings. The molecule has 0 aliphatic rings. The van der Waals surface area contributed by atoms with Crippen molar-refractivity contribution in [1.29, 1.82) is 0 Å². The molecule has 0 spiro atoms. The molecule has 20 heavy (non-hydrogen) atoms. The second kappa shape index (κ2) is 5.39. The van der Waals surface area contributed by atoms with Gasteiger partial charge in [-0.15, -0.1) is 0 Å². The van der Waals surface area contributed by atoms with E-state index in [-0.39, 0.29) is 0 Å². The van der Waals surface area contributed by atoms with Gasteiger partial charge in [0.25, 0.3) is 0 Å². The lowest BCUT2D eigenvalue weighted by Crippen LogP contribution is -1.94. The van der Waals surface area contributed by atoms with Crippen molar-refractivity contribution >= 4 is 33.9 Å². The summed E-state index contributed by atoms with van der Waals surface area (Å²) in [6.45, 7) is 0. The standard InChI is InChI=1S/C16H13ClN2O/c1-20-15-4-2-3-13-14(9-10-18-16(13)15)19-12-7-5-11(17)6-8-12/h2-10H,1H3,(H,18,19). The summed E-state index contributed by atoms with van der Waals surface area (Å²) in [5.74, 6) is 0.766. The lowest BCUT2D eigenvalue weighted by Gasteiger charge is -2.11. The van der Waals surface area contributed by atoms with E-state index in [2.05, 4.69) is 10.3 Å². The average molecular weight is 285 g/mol. The van der Waals surface area contributed by atoms with Gasteiger partial charge in [-0.25, -0.2) is 0 Å². The molecule has 1 N–H and O–H groups in total. The van der Waals surface area contributed by atoms with Crippen molar-refractivity contribution in [1.82, 2.24) is 4.98 Å². The van der Waals surface area contributed by atoms with Gasteiger partial charge in [0, 0.05) is 28.0 Å². The van der Waals surface area contributed by atoms with Crippen molar-refractivity contribution < 1.29 is 4.74 Å². The Morgan fingerprint density at radius 3 is 2.60 bits per heavy atom. The van der Waals surface area contributed by atoms with Crippen molar-refractivity contribution in [3.63, 3.8) is 0 Å². The zero-order valence-electron chi connectivity index (χ0n) is 10.9. The number of anilines is 2. The molecule has 1 aromatic heterocycles. The number of hydrogen-bond donors (Lipinski definition) is 1. The third-order valence-electron chi connectivity index (χ3n) is 3.08. The maximum atomic E-state index is 5.89. The van der Waals surface area contributed by atoms with E-state index in [4.69, 9.17) is 16.3 Å². The minimum Gasteiger partial charge on any atom is -0.494 e. The van der Waals surface area contributed by atoms with Crippen LogP contribution in [0.2, 0.25) is 5.02 Å². The third-order valence-corrected chi connectivity index (χ3v) is 3.33. The number of benzene rings is 2. The maximum Gasteiger partial charge on any atom is 0.145 e. The highest BCUT2D eigenvalue weighted by atomic mass is 35.5. The molecule has 100 valence electrons. The zero-order valence-corrected chi connectivity index (χ0v) is 11.7. The molecule has 1 heterocycles. The number of pyridine rings is 1. The molecule has 0 bridgehead atoms. The normalized spacial score (nSPS) is 10.5. The smallest absolute Gasteiger partial charge is 0.145 e. The van der Waals surface area contributed by atoms with Crippen LogP contribution in [0, 0.1) is 0 Å². The second-order valence-electron chi connectivity index (χ2n) is 4.35. The van der Waals surface area contributed by atoms with Gasteiger partial charge in [-0.3, -0.25) is 4.98 Å². The van der Waals surface area contributed by atoms with E-state index < -0.39 is 0 Å². The Kier molecular flexibility index (Phi) is 3.44. The van der Waals surface area contributed by atoms with Crippen molar-refractivity contribution in [2.24, 2.45) is 0 Å². The predicted octanol–water partition coefficient (Wildman–Crippen LogP) is 4.64. The Hall–Kier alpha value is -2.26. The van der Waals surface area contributed by atoms with Crippen LogP contribution in [0.4, 0.5) is 11.4 Å². The van der Waals surface area contributed by atoms with E-state index >= 15 is 0 Å². The summed E-state index contributed by atoms with van der Waals surface area (Å²) in [6.07, 6.45) is 1.77. The van der Waals surface area contributed by atoms with Crippen molar-refractivity contribution in [2.75, 3.05) is 12.4 Å². The van der Waals surface area contributed by atoms with Gasteiger partial charge in [-0.1, -0.05) is 23.7 Å². The molecule has 0 aliphatic heterocycles. The Balaban J connectivity index is 2.05. The lowest BCUT2D eigenvalue weighted by atomic mass is 10.1. The largest absolute Gasteiger partial charge is 0.494 e. The minimum absolute atomic E-state index is 0.719. The van der Waals surface area contributed by atoms with Crippen LogP contribution in [-0.4, -0.2) is 12.1 Å². The number of halogens is 1. The lowest BCUT2D eigenvalue weighted by molar-refractivity contribution is 0.419. The van der Waals surface area contributed by atoms with Crippen molar-refractivity contribution in [2.45, 2.75) is 0 Å². The highest BCUT2D eigenvalue weighted by Gasteiger charge is 2.06. The molecule has 0 saturated heterocycles. The number of aromatic nitrogens is 1. The molecule has 3 nitrogen and oxygen atoms in total. The SMILES string of the molecule is COc1cccc2c(Nc3ccc(Cl)cc3)ccnc12. The summed E-state index contributed by atoms with van der Waals surface area (Å²) in [5, 5.41) is 5.11. The van der Waals surface area contributed by atoms with Crippen LogP contribution in [-0.2, 0) is 0 Å². The molecule has 0 unspecified atom stereocenters. The molecular formula is C16H13ClN2O. The molecule has 0 amide bonds.